The van der Waals surface area contributed by atoms with E-state index in [1.807, 2.05) is 13.0 Å². The quantitative estimate of drug-likeness (QED) is 0.769. The molecule has 1 aliphatic carbocycles. The zero-order chi connectivity index (χ0) is 18.5. The lowest BCUT2D eigenvalue weighted by atomic mass is 10.2. The Bertz CT molecular complexity index is 773. The first-order valence-corrected chi connectivity index (χ1v) is 9.19. The van der Waals surface area contributed by atoms with E-state index in [1.54, 1.807) is 34.2 Å². The van der Waals surface area contributed by atoms with Gasteiger partial charge in [0.2, 0.25) is 11.8 Å². The van der Waals surface area contributed by atoms with Crippen molar-refractivity contribution in [3.8, 4) is 5.69 Å². The minimum absolute atomic E-state index is 0.0848. The average molecular weight is 376 g/mol. The third-order valence-electron chi connectivity index (χ3n) is 4.32. The van der Waals surface area contributed by atoms with E-state index >= 15 is 0 Å². The van der Waals surface area contributed by atoms with Crippen LogP contribution < -0.4 is 10.2 Å². The number of aromatic nitrogens is 3. The number of amides is 2. The normalized spacial score (nSPS) is 13.5. The summed E-state index contributed by atoms with van der Waals surface area (Å²) < 4.78 is 1.59. The number of pyridine rings is 1. The van der Waals surface area contributed by atoms with E-state index < -0.39 is 0 Å². The Morgan fingerprint density at radius 1 is 1.38 bits per heavy atom. The molecule has 0 aliphatic heterocycles. The number of hydrogen-bond donors (Lipinski definition) is 1. The van der Waals surface area contributed by atoms with Gasteiger partial charge in [-0.25, -0.2) is 4.68 Å². The van der Waals surface area contributed by atoms with Gasteiger partial charge in [0.05, 0.1) is 18.1 Å². The van der Waals surface area contributed by atoms with Crippen molar-refractivity contribution in [2.24, 2.45) is 5.92 Å². The summed E-state index contributed by atoms with van der Waals surface area (Å²) in [6.07, 6.45) is 7.72. The maximum Gasteiger partial charge on any atom is 0.227 e. The molecule has 0 saturated heterocycles. The van der Waals surface area contributed by atoms with E-state index in [9.17, 15) is 9.59 Å². The van der Waals surface area contributed by atoms with Crippen LogP contribution in [0.15, 0.2) is 30.7 Å². The van der Waals surface area contributed by atoms with E-state index in [4.69, 9.17) is 11.6 Å². The monoisotopic (exact) mass is 375 g/mol. The molecule has 2 amide bonds. The van der Waals surface area contributed by atoms with Crippen LogP contribution in [0.2, 0.25) is 5.15 Å². The summed E-state index contributed by atoms with van der Waals surface area (Å²) in [6.45, 7) is 3.03. The fourth-order valence-electron chi connectivity index (χ4n) is 2.65. The van der Waals surface area contributed by atoms with Gasteiger partial charge in [-0.1, -0.05) is 11.6 Å². The molecule has 0 radical (unpaired) electrons. The van der Waals surface area contributed by atoms with Crippen LogP contribution in [-0.2, 0) is 9.59 Å². The lowest BCUT2D eigenvalue weighted by molar-refractivity contribution is -0.125. The summed E-state index contributed by atoms with van der Waals surface area (Å²) in [6, 6.07) is 3.65. The fourth-order valence-corrected chi connectivity index (χ4v) is 2.88. The van der Waals surface area contributed by atoms with Gasteiger partial charge < -0.3 is 10.2 Å². The van der Waals surface area contributed by atoms with Crippen LogP contribution >= 0.6 is 11.6 Å². The van der Waals surface area contributed by atoms with Crippen LogP contribution in [0.1, 0.15) is 32.6 Å². The maximum atomic E-state index is 12.6. The minimum atomic E-state index is -0.151. The number of hydrogen-bond acceptors (Lipinski definition) is 4. The molecule has 2 heterocycles. The third-order valence-corrected chi connectivity index (χ3v) is 4.59. The van der Waals surface area contributed by atoms with Crippen molar-refractivity contribution >= 4 is 29.1 Å². The first-order chi connectivity index (χ1) is 12.6. The Morgan fingerprint density at radius 3 is 2.85 bits per heavy atom. The van der Waals surface area contributed by atoms with Crippen LogP contribution in [0.5, 0.6) is 0 Å². The zero-order valence-electron chi connectivity index (χ0n) is 14.7. The molecule has 1 saturated carbocycles. The molecule has 0 unspecified atom stereocenters. The molecule has 0 aromatic carbocycles. The summed E-state index contributed by atoms with van der Waals surface area (Å²) in [5.41, 5.74) is 1.28. The van der Waals surface area contributed by atoms with Gasteiger partial charge in [0, 0.05) is 32.1 Å². The first-order valence-electron chi connectivity index (χ1n) is 8.81. The van der Waals surface area contributed by atoms with Crippen LogP contribution in [0.4, 0.5) is 5.69 Å². The maximum absolute atomic E-state index is 12.6. The van der Waals surface area contributed by atoms with Crippen molar-refractivity contribution < 1.29 is 9.59 Å². The highest BCUT2D eigenvalue weighted by Gasteiger charge is 2.23. The Balaban J connectivity index is 1.63. The van der Waals surface area contributed by atoms with Crippen molar-refractivity contribution in [2.75, 3.05) is 18.0 Å². The van der Waals surface area contributed by atoms with Gasteiger partial charge in [-0.15, -0.1) is 0 Å². The predicted molar refractivity (Wildman–Crippen MR) is 99.4 cm³/mol. The molecule has 138 valence electrons. The molecule has 1 fully saturated rings. The average Bonchev–Trinajstić information content (AvgIpc) is 3.41. The number of nitrogens with one attached hydrogen (secondary N) is 1. The van der Waals surface area contributed by atoms with Crippen molar-refractivity contribution in [2.45, 2.75) is 32.6 Å². The molecule has 0 bridgehead atoms. The molecule has 26 heavy (non-hydrogen) atoms. The molecule has 1 aliphatic rings. The standard InChI is InChI=1S/C18H22ClN5O2/c1-2-23(17(26)8-7-16(25)21-10-13-5-6-13)15-12-24(22-18(15)19)14-4-3-9-20-11-14/h3-4,9,11-13H,2,5-8,10H2,1H3,(H,21,25). The van der Waals surface area contributed by atoms with E-state index in [0.29, 0.717) is 24.7 Å². The molecule has 0 spiro atoms. The van der Waals surface area contributed by atoms with Crippen LogP contribution in [-0.4, -0.2) is 39.7 Å². The molecule has 7 nitrogen and oxygen atoms in total. The Kier molecular flexibility index (Phi) is 5.88. The van der Waals surface area contributed by atoms with Gasteiger partial charge in [0.15, 0.2) is 5.15 Å². The number of carbonyl (C=O) groups is 2. The molecule has 2 aromatic rings. The van der Waals surface area contributed by atoms with Gasteiger partial charge in [-0.2, -0.15) is 5.10 Å². The van der Waals surface area contributed by atoms with Crippen LogP contribution in [0.25, 0.3) is 5.69 Å². The summed E-state index contributed by atoms with van der Waals surface area (Å²) in [4.78, 5) is 30.0. The first kappa shape index (κ1) is 18.4. The number of carbonyl (C=O) groups excluding carboxylic acids is 2. The van der Waals surface area contributed by atoms with Crippen molar-refractivity contribution in [3.05, 3.63) is 35.9 Å². The third kappa shape index (κ3) is 4.60. The number of anilines is 1. The second-order valence-electron chi connectivity index (χ2n) is 6.35. The number of halogens is 1. The molecule has 2 aromatic heterocycles. The summed E-state index contributed by atoms with van der Waals surface area (Å²) in [7, 11) is 0. The van der Waals surface area contributed by atoms with E-state index in [-0.39, 0.29) is 29.8 Å². The second-order valence-corrected chi connectivity index (χ2v) is 6.70. The van der Waals surface area contributed by atoms with E-state index in [0.717, 1.165) is 5.69 Å². The fraction of sp³-hybridized carbons (Fsp3) is 0.444. The minimum Gasteiger partial charge on any atom is -0.356 e. The highest BCUT2D eigenvalue weighted by atomic mass is 35.5. The van der Waals surface area contributed by atoms with Crippen LogP contribution in [0.3, 0.4) is 0 Å². The molecular weight excluding hydrogens is 354 g/mol. The smallest absolute Gasteiger partial charge is 0.227 e. The SMILES string of the molecule is CCN(C(=O)CCC(=O)NCC1CC1)c1cn(-c2cccnc2)nc1Cl. The summed E-state index contributed by atoms with van der Waals surface area (Å²) in [5.74, 6) is 0.388. The summed E-state index contributed by atoms with van der Waals surface area (Å²) in [5, 5.41) is 7.36. The molecule has 0 atom stereocenters. The van der Waals surface area contributed by atoms with Gasteiger partial charge in [0.25, 0.3) is 0 Å². The van der Waals surface area contributed by atoms with Gasteiger partial charge in [-0.3, -0.25) is 14.6 Å². The lowest BCUT2D eigenvalue weighted by Crippen LogP contribution is -2.32. The largest absolute Gasteiger partial charge is 0.356 e. The Labute approximate surface area is 157 Å². The molecule has 8 heteroatoms. The van der Waals surface area contributed by atoms with E-state index in [2.05, 4.69) is 15.4 Å². The Morgan fingerprint density at radius 2 is 2.19 bits per heavy atom. The lowest BCUT2D eigenvalue weighted by Gasteiger charge is -2.19. The summed E-state index contributed by atoms with van der Waals surface area (Å²) >= 11 is 6.24. The van der Waals surface area contributed by atoms with E-state index in [1.165, 1.54) is 12.8 Å². The second kappa shape index (κ2) is 8.31. The zero-order valence-corrected chi connectivity index (χ0v) is 15.4. The van der Waals surface area contributed by atoms with Crippen molar-refractivity contribution in [1.29, 1.82) is 0 Å². The highest BCUT2D eigenvalue weighted by Crippen LogP contribution is 2.28. The van der Waals surface area contributed by atoms with Crippen molar-refractivity contribution in [1.82, 2.24) is 20.1 Å². The Hall–Kier alpha value is -2.41. The van der Waals surface area contributed by atoms with Gasteiger partial charge in [-0.05, 0) is 37.8 Å². The topological polar surface area (TPSA) is 80.1 Å². The number of nitrogens with zero attached hydrogens (tertiary/aromatic N) is 4. The van der Waals surface area contributed by atoms with Crippen molar-refractivity contribution in [3.63, 3.8) is 0 Å². The number of rotatable bonds is 8. The van der Waals surface area contributed by atoms with Gasteiger partial charge in [0.1, 0.15) is 5.69 Å². The molecular formula is C18H22ClN5O2. The molecule has 3 rings (SSSR count). The van der Waals surface area contributed by atoms with Gasteiger partial charge >= 0.3 is 0 Å². The molecule has 1 N–H and O–H groups in total. The highest BCUT2D eigenvalue weighted by molar-refractivity contribution is 6.32. The van der Waals surface area contributed by atoms with Crippen LogP contribution in [0, 0.1) is 5.92 Å². The predicted octanol–water partition coefficient (Wildman–Crippen LogP) is 2.58.